The van der Waals surface area contributed by atoms with Gasteiger partial charge < -0.3 is 19.8 Å². The molecule has 0 N–H and O–H groups in total. The molecule has 136 valence electrons. The van der Waals surface area contributed by atoms with Gasteiger partial charge in [0.1, 0.15) is 11.9 Å². The predicted octanol–water partition coefficient (Wildman–Crippen LogP) is -5.93. The number of ether oxygens (including phenoxy) is 2. The van der Waals surface area contributed by atoms with Gasteiger partial charge in [-0.15, -0.1) is 0 Å². The summed E-state index contributed by atoms with van der Waals surface area (Å²) in [4.78, 5) is 20.2. The van der Waals surface area contributed by atoms with Crippen LogP contribution in [0.2, 0.25) is 0 Å². The van der Waals surface area contributed by atoms with Crippen LogP contribution in [0, 0.1) is 0 Å². The van der Waals surface area contributed by atoms with Crippen LogP contribution in [0.1, 0.15) is 0 Å². The molecule has 0 amide bonds. The quantitative estimate of drug-likeness (QED) is 0.162. The number of carboxylic acid groups (broad SMARTS) is 2. The molecule has 0 aromatic rings. The van der Waals surface area contributed by atoms with E-state index in [9.17, 15) is 54.9 Å². The zero-order chi connectivity index (χ0) is 19.1. The molecule has 0 rings (SSSR count). The van der Waals surface area contributed by atoms with Gasteiger partial charge in [0, 0.05) is 0 Å². The molecule has 0 saturated heterocycles. The zero-order valence-electron chi connectivity index (χ0n) is 11.7. The monoisotopic (exact) mass is 480 g/mol. The Bertz CT molecular complexity index is 460. The first-order valence-corrected chi connectivity index (χ1v) is 5.28. The van der Waals surface area contributed by atoms with E-state index in [-0.39, 0.29) is 103 Å². The molecule has 0 saturated carbocycles. The molecule has 2 atom stereocenters. The van der Waals surface area contributed by atoms with Crippen LogP contribution >= 0.6 is 23.2 Å². The van der Waals surface area contributed by atoms with Gasteiger partial charge in [0.15, 0.2) is 0 Å². The molecular formula is C7Cl2F8K2O6. The van der Waals surface area contributed by atoms with Crippen LogP contribution in [0.4, 0.5) is 35.1 Å². The Morgan fingerprint density at radius 3 is 1.00 bits per heavy atom. The minimum absolute atomic E-state index is 0. The molecule has 0 fully saturated rings. The summed E-state index contributed by atoms with van der Waals surface area (Å²) >= 11 is 8.93. The van der Waals surface area contributed by atoms with Crippen molar-refractivity contribution >= 4 is 35.1 Å². The number of alkyl halides is 10. The van der Waals surface area contributed by atoms with Gasteiger partial charge in [-0.05, 0) is 23.2 Å². The van der Waals surface area contributed by atoms with Crippen LogP contribution < -0.4 is 113 Å². The van der Waals surface area contributed by atoms with Crippen molar-refractivity contribution in [2.45, 2.75) is 28.8 Å². The van der Waals surface area contributed by atoms with Crippen molar-refractivity contribution in [2.24, 2.45) is 0 Å². The summed E-state index contributed by atoms with van der Waals surface area (Å²) in [6.45, 7) is 0. The Kier molecular flexibility index (Phi) is 13.1. The Hall–Kier alpha value is 2.15. The van der Waals surface area contributed by atoms with E-state index in [1.807, 2.05) is 0 Å². The average Bonchev–Trinajstić information content (AvgIpc) is 2.23. The van der Waals surface area contributed by atoms with Crippen molar-refractivity contribution in [2.75, 3.05) is 0 Å². The summed E-state index contributed by atoms with van der Waals surface area (Å²) in [7, 11) is 0. The SMILES string of the molecule is O=C([O-])C(F)(OC(Cl)(Cl)OC(F)(C(=O)[O-])C(F)(F)F)C(F)(F)F.[K+].[K+]. The van der Waals surface area contributed by atoms with Crippen molar-refractivity contribution in [3.05, 3.63) is 0 Å². The van der Waals surface area contributed by atoms with Crippen LogP contribution in [0.25, 0.3) is 0 Å². The second-order valence-electron chi connectivity index (χ2n) is 3.43. The van der Waals surface area contributed by atoms with E-state index >= 15 is 0 Å². The Balaban J connectivity index is -0.00000242. The molecule has 18 heteroatoms. The van der Waals surface area contributed by atoms with E-state index in [0.29, 0.717) is 0 Å². The van der Waals surface area contributed by atoms with Crippen molar-refractivity contribution in [1.29, 1.82) is 0 Å². The second kappa shape index (κ2) is 10.3. The van der Waals surface area contributed by atoms with Crippen molar-refractivity contribution in [3.8, 4) is 0 Å². The van der Waals surface area contributed by atoms with Crippen LogP contribution in [0.5, 0.6) is 0 Å². The Morgan fingerprint density at radius 2 is 0.880 bits per heavy atom. The second-order valence-corrected chi connectivity index (χ2v) is 4.62. The minimum atomic E-state index is -6.54. The van der Waals surface area contributed by atoms with E-state index in [4.69, 9.17) is 0 Å². The number of carbonyl (C=O) groups excluding carboxylic acids is 2. The van der Waals surface area contributed by atoms with Gasteiger partial charge in [-0.2, -0.15) is 35.1 Å². The minimum Gasteiger partial charge on any atom is -0.544 e. The summed E-state index contributed by atoms with van der Waals surface area (Å²) in [6.07, 6.45) is -13.1. The zero-order valence-corrected chi connectivity index (χ0v) is 19.5. The first-order chi connectivity index (χ1) is 9.80. The molecule has 0 radical (unpaired) electrons. The fourth-order valence-electron chi connectivity index (χ4n) is 0.779. The number of rotatable bonds is 6. The summed E-state index contributed by atoms with van der Waals surface area (Å²) in [6, 6.07) is 0. The molecule has 0 aliphatic heterocycles. The summed E-state index contributed by atoms with van der Waals surface area (Å²) in [5.41, 5.74) is 0. The van der Waals surface area contributed by atoms with E-state index in [1.165, 1.54) is 0 Å². The molecular weight excluding hydrogens is 481 g/mol. The maximum atomic E-state index is 13.2. The van der Waals surface area contributed by atoms with Gasteiger partial charge in [0.05, 0.1) is 0 Å². The largest absolute Gasteiger partial charge is 1.00 e. The Morgan fingerprint density at radius 1 is 0.680 bits per heavy atom. The summed E-state index contributed by atoms with van der Waals surface area (Å²) in [5.74, 6) is -19.5. The van der Waals surface area contributed by atoms with Gasteiger partial charge in [0.2, 0.25) is 0 Å². The molecule has 0 aliphatic rings. The standard InChI is InChI=1S/C7H2Cl2F8O6.2K/c8-7(9,22-3(10,1(18)19)5(12,13)14)23-4(11,2(20)21)6(15,16)17;;/h(H,18,19)(H,20,21);;/q;2*+1/p-2. The van der Waals surface area contributed by atoms with Crippen molar-refractivity contribution in [1.82, 2.24) is 0 Å². The fourth-order valence-corrected chi connectivity index (χ4v) is 1.20. The molecule has 6 nitrogen and oxygen atoms in total. The third kappa shape index (κ3) is 7.83. The number of aliphatic carboxylic acids is 2. The van der Waals surface area contributed by atoms with E-state index < -0.39 is 40.7 Å². The summed E-state index contributed by atoms with van der Waals surface area (Å²) < 4.78 is 100. The Labute approximate surface area is 227 Å². The molecule has 0 aliphatic carbocycles. The van der Waals surface area contributed by atoms with Gasteiger partial charge in [-0.3, -0.25) is 9.47 Å². The fraction of sp³-hybridized carbons (Fsp3) is 0.714. The smallest absolute Gasteiger partial charge is 0.544 e. The molecule has 25 heavy (non-hydrogen) atoms. The number of halogens is 10. The molecule has 0 spiro atoms. The van der Waals surface area contributed by atoms with Gasteiger partial charge in [-0.1, -0.05) is 0 Å². The molecule has 0 bridgehead atoms. The topological polar surface area (TPSA) is 98.7 Å². The number of hydrogen-bond donors (Lipinski definition) is 0. The first-order valence-electron chi connectivity index (χ1n) is 4.52. The van der Waals surface area contributed by atoms with Gasteiger partial charge in [-0.25, -0.2) is 0 Å². The third-order valence-corrected chi connectivity index (χ3v) is 2.08. The van der Waals surface area contributed by atoms with Crippen molar-refractivity contribution < 1.29 is 167 Å². The van der Waals surface area contributed by atoms with Crippen molar-refractivity contribution in [3.63, 3.8) is 0 Å². The van der Waals surface area contributed by atoms with Crippen LogP contribution in [0.3, 0.4) is 0 Å². The van der Waals surface area contributed by atoms with Crippen LogP contribution in [-0.4, -0.2) is 40.7 Å². The molecule has 2 unspecified atom stereocenters. The van der Waals surface area contributed by atoms with Crippen LogP contribution in [0.15, 0.2) is 0 Å². The van der Waals surface area contributed by atoms with E-state index in [0.717, 1.165) is 0 Å². The summed E-state index contributed by atoms with van der Waals surface area (Å²) in [5, 5.41) is 20.2. The van der Waals surface area contributed by atoms with E-state index in [1.54, 1.807) is 0 Å². The maximum absolute atomic E-state index is 13.2. The number of carboxylic acids is 2. The first kappa shape index (κ1) is 31.8. The average molecular weight is 481 g/mol. The molecule has 0 heterocycles. The predicted molar refractivity (Wildman–Crippen MR) is 46.4 cm³/mol. The molecule has 0 aromatic heterocycles. The maximum Gasteiger partial charge on any atom is 1.00 e. The molecule has 0 aromatic carbocycles. The number of carbonyl (C=O) groups is 2. The van der Waals surface area contributed by atoms with E-state index in [2.05, 4.69) is 32.7 Å². The van der Waals surface area contributed by atoms with Gasteiger partial charge >= 0.3 is 132 Å². The third-order valence-electron chi connectivity index (χ3n) is 1.77. The number of hydrogen-bond acceptors (Lipinski definition) is 6. The van der Waals surface area contributed by atoms with Gasteiger partial charge in [0.25, 0.3) is 0 Å². The van der Waals surface area contributed by atoms with Crippen LogP contribution in [-0.2, 0) is 19.1 Å². The normalized spacial score (nSPS) is 17.4.